The van der Waals surface area contributed by atoms with Crippen LogP contribution in [0.25, 0.3) is 0 Å². The van der Waals surface area contributed by atoms with Crippen molar-refractivity contribution < 1.29 is 19.3 Å². The van der Waals surface area contributed by atoms with E-state index in [9.17, 15) is 14.8 Å². The van der Waals surface area contributed by atoms with Crippen molar-refractivity contribution >= 4 is 12.7 Å². The van der Waals surface area contributed by atoms with Crippen LogP contribution in [0.15, 0.2) is 54.6 Å². The summed E-state index contributed by atoms with van der Waals surface area (Å²) in [5.74, 6) is -0.298. The minimum atomic E-state index is -3.69. The summed E-state index contributed by atoms with van der Waals surface area (Å²) in [5.41, 5.74) is 0.236. The van der Waals surface area contributed by atoms with Crippen LogP contribution in [-0.4, -0.2) is 16.3 Å². The Balaban J connectivity index is 2.02. The van der Waals surface area contributed by atoms with Gasteiger partial charge in [-0.1, -0.05) is 63.6 Å². The summed E-state index contributed by atoms with van der Waals surface area (Å²) < 4.78 is 20.6. The number of hydrogen-bond acceptors (Lipinski definition) is 4. The van der Waals surface area contributed by atoms with Crippen LogP contribution in [0.1, 0.15) is 51.4 Å². The number of para-hydroxylation sites is 1. The van der Waals surface area contributed by atoms with Gasteiger partial charge in [0, 0.05) is 10.9 Å². The molecule has 0 amide bonds. The summed E-state index contributed by atoms with van der Waals surface area (Å²) in [6.45, 7) is 6.54. The largest absolute Gasteiger partial charge is 0.508 e. The first-order chi connectivity index (χ1) is 13.3. The molecule has 0 aliphatic heterocycles. The molecular formula is C23H31O4P. The standard InChI is InChI=1S/C23H31O4P/c1-16(2)19-14-13-17(3)15-22(19)27-28(26,18-9-5-4-6-10-18)23(25)20-11-7-8-12-21(20)24/h4-12,16-17,19,22-25H,13-15H2,1-3H3/t17-,19+,22-,23+,28?/m1/s1. The smallest absolute Gasteiger partial charge is 0.264 e. The van der Waals surface area contributed by atoms with Gasteiger partial charge >= 0.3 is 0 Å². The van der Waals surface area contributed by atoms with E-state index in [2.05, 4.69) is 20.8 Å². The van der Waals surface area contributed by atoms with Gasteiger partial charge in [0.25, 0.3) is 7.37 Å². The number of hydrogen-bond donors (Lipinski definition) is 2. The summed E-state index contributed by atoms with van der Waals surface area (Å²) in [5, 5.41) is 21.9. The third-order valence-electron chi connectivity index (χ3n) is 5.91. The third-order valence-corrected chi connectivity index (χ3v) is 8.43. The van der Waals surface area contributed by atoms with Crippen LogP contribution in [-0.2, 0) is 9.09 Å². The molecule has 5 heteroatoms. The Kier molecular flexibility index (Phi) is 6.65. The zero-order valence-corrected chi connectivity index (χ0v) is 17.8. The van der Waals surface area contributed by atoms with Gasteiger partial charge in [-0.15, -0.1) is 0 Å². The third kappa shape index (κ3) is 4.35. The zero-order chi connectivity index (χ0) is 20.3. The first-order valence-corrected chi connectivity index (χ1v) is 11.8. The average molecular weight is 402 g/mol. The van der Waals surface area contributed by atoms with Crippen LogP contribution < -0.4 is 5.30 Å². The van der Waals surface area contributed by atoms with E-state index in [-0.39, 0.29) is 17.4 Å². The van der Waals surface area contributed by atoms with E-state index in [1.54, 1.807) is 42.5 Å². The molecule has 1 unspecified atom stereocenters. The SMILES string of the molecule is CC(C)[C@@H]1CC[C@@H](C)C[C@H]1OP(=O)(c1ccccc1)[C@H](O)c1ccccc1O. The van der Waals surface area contributed by atoms with E-state index in [1.165, 1.54) is 6.07 Å². The fraction of sp³-hybridized carbons (Fsp3) is 0.478. The van der Waals surface area contributed by atoms with Gasteiger partial charge in [0.15, 0.2) is 5.85 Å². The molecule has 0 saturated heterocycles. The Hall–Kier alpha value is -1.61. The molecule has 2 aromatic carbocycles. The van der Waals surface area contributed by atoms with Crippen molar-refractivity contribution in [3.63, 3.8) is 0 Å². The zero-order valence-electron chi connectivity index (χ0n) is 16.9. The molecule has 28 heavy (non-hydrogen) atoms. The molecule has 0 spiro atoms. The molecule has 1 aliphatic carbocycles. The van der Waals surface area contributed by atoms with Crippen LogP contribution in [0.5, 0.6) is 5.75 Å². The molecule has 3 rings (SSSR count). The molecule has 0 radical (unpaired) electrons. The van der Waals surface area contributed by atoms with Gasteiger partial charge in [0.1, 0.15) is 5.75 Å². The summed E-state index contributed by atoms with van der Waals surface area (Å²) in [7, 11) is -3.69. The van der Waals surface area contributed by atoms with Crippen molar-refractivity contribution in [2.24, 2.45) is 17.8 Å². The summed E-state index contributed by atoms with van der Waals surface area (Å²) in [6.07, 6.45) is 2.81. The number of phenolic OH excluding ortho intramolecular Hbond substituents is 1. The Labute approximate surface area is 168 Å². The quantitative estimate of drug-likeness (QED) is 0.629. The molecule has 4 nitrogen and oxygen atoms in total. The predicted octanol–water partition coefficient (Wildman–Crippen LogP) is 5.46. The maximum atomic E-state index is 14.2. The monoisotopic (exact) mass is 402 g/mol. The Bertz CT molecular complexity index is 820. The molecule has 2 N–H and O–H groups in total. The molecule has 152 valence electrons. The number of aromatic hydroxyl groups is 1. The van der Waals surface area contributed by atoms with Crippen molar-refractivity contribution in [3.05, 3.63) is 60.2 Å². The van der Waals surface area contributed by atoms with Gasteiger partial charge in [-0.05, 0) is 48.8 Å². The fourth-order valence-corrected chi connectivity index (χ4v) is 6.56. The first-order valence-electron chi connectivity index (χ1n) is 10.1. The van der Waals surface area contributed by atoms with Gasteiger partial charge < -0.3 is 14.7 Å². The number of phenols is 1. The van der Waals surface area contributed by atoms with Gasteiger partial charge in [0.05, 0.1) is 6.10 Å². The molecule has 1 fully saturated rings. The molecular weight excluding hydrogens is 371 g/mol. The van der Waals surface area contributed by atoms with Crippen molar-refractivity contribution in [2.45, 2.75) is 52.0 Å². The van der Waals surface area contributed by atoms with Gasteiger partial charge in [-0.3, -0.25) is 4.57 Å². The second kappa shape index (κ2) is 8.82. The summed E-state index contributed by atoms with van der Waals surface area (Å²) >= 11 is 0. The first kappa shape index (κ1) is 21.1. The molecule has 0 bridgehead atoms. The average Bonchev–Trinajstić information content (AvgIpc) is 2.68. The highest BCUT2D eigenvalue weighted by atomic mass is 31.2. The van der Waals surface area contributed by atoms with E-state index in [0.29, 0.717) is 23.1 Å². The van der Waals surface area contributed by atoms with Crippen molar-refractivity contribution in [1.29, 1.82) is 0 Å². The minimum absolute atomic E-state index is 0.0767. The molecule has 5 atom stereocenters. The highest BCUT2D eigenvalue weighted by Crippen LogP contribution is 2.61. The van der Waals surface area contributed by atoms with Crippen LogP contribution in [0, 0.1) is 17.8 Å². The van der Waals surface area contributed by atoms with Crippen LogP contribution >= 0.6 is 7.37 Å². The lowest BCUT2D eigenvalue weighted by Gasteiger charge is -2.39. The fourth-order valence-electron chi connectivity index (χ4n) is 4.22. The Morgan fingerprint density at radius 1 is 1.04 bits per heavy atom. The van der Waals surface area contributed by atoms with E-state index in [4.69, 9.17) is 4.52 Å². The highest BCUT2D eigenvalue weighted by molar-refractivity contribution is 7.67. The topological polar surface area (TPSA) is 66.8 Å². The number of aliphatic hydroxyl groups is 1. The second-order valence-corrected chi connectivity index (χ2v) is 10.7. The van der Waals surface area contributed by atoms with Gasteiger partial charge in [-0.25, -0.2) is 0 Å². The van der Waals surface area contributed by atoms with Gasteiger partial charge in [-0.2, -0.15) is 0 Å². The molecule has 1 aliphatic rings. The van der Waals surface area contributed by atoms with E-state index < -0.39 is 13.2 Å². The Morgan fingerprint density at radius 3 is 2.32 bits per heavy atom. The lowest BCUT2D eigenvalue weighted by Crippen LogP contribution is -2.35. The van der Waals surface area contributed by atoms with E-state index >= 15 is 0 Å². The van der Waals surface area contributed by atoms with E-state index in [1.807, 2.05) is 6.07 Å². The summed E-state index contributed by atoms with van der Waals surface area (Å²) in [4.78, 5) is 0. The molecule has 1 saturated carbocycles. The molecule has 2 aromatic rings. The predicted molar refractivity (Wildman–Crippen MR) is 113 cm³/mol. The van der Waals surface area contributed by atoms with Crippen LogP contribution in [0.4, 0.5) is 0 Å². The minimum Gasteiger partial charge on any atom is -0.508 e. The van der Waals surface area contributed by atoms with Crippen LogP contribution in [0.2, 0.25) is 0 Å². The van der Waals surface area contributed by atoms with Crippen molar-refractivity contribution in [2.75, 3.05) is 0 Å². The maximum absolute atomic E-state index is 14.2. The Morgan fingerprint density at radius 2 is 1.68 bits per heavy atom. The van der Waals surface area contributed by atoms with Crippen molar-refractivity contribution in [1.82, 2.24) is 0 Å². The highest BCUT2D eigenvalue weighted by Gasteiger charge is 2.43. The normalized spacial score (nSPS) is 26.0. The van der Waals surface area contributed by atoms with Crippen molar-refractivity contribution in [3.8, 4) is 5.75 Å². The lowest BCUT2D eigenvalue weighted by atomic mass is 9.75. The van der Waals surface area contributed by atoms with Crippen LogP contribution in [0.3, 0.4) is 0 Å². The molecule has 0 aromatic heterocycles. The van der Waals surface area contributed by atoms with E-state index in [0.717, 1.165) is 19.3 Å². The number of benzene rings is 2. The maximum Gasteiger partial charge on any atom is 0.264 e. The number of rotatable bonds is 6. The molecule has 0 heterocycles. The number of aliphatic hydroxyl groups excluding tert-OH is 1. The second-order valence-electron chi connectivity index (χ2n) is 8.34. The summed E-state index contributed by atoms with van der Waals surface area (Å²) in [6, 6.07) is 15.4. The van der Waals surface area contributed by atoms with Gasteiger partial charge in [0.2, 0.25) is 0 Å². The lowest BCUT2D eigenvalue weighted by molar-refractivity contribution is 0.0425.